The highest BCUT2D eigenvalue weighted by Gasteiger charge is 2.24. The number of anilines is 1. The Balaban J connectivity index is 2.73. The van der Waals surface area contributed by atoms with Crippen LogP contribution in [0.25, 0.3) is 0 Å². The second-order valence-electron chi connectivity index (χ2n) is 4.20. The van der Waals surface area contributed by atoms with E-state index in [1.165, 1.54) is 6.20 Å². The van der Waals surface area contributed by atoms with Crippen molar-refractivity contribution in [3.63, 3.8) is 0 Å². The van der Waals surface area contributed by atoms with Gasteiger partial charge in [0.2, 0.25) is 5.91 Å². The normalized spacial score (nSPS) is 10.9. The molecule has 0 fully saturated rings. The molecule has 17 heavy (non-hydrogen) atoms. The lowest BCUT2D eigenvalue weighted by Crippen LogP contribution is -2.37. The number of aromatic nitrogens is 2. The number of carboxylic acid groups (broad SMARTS) is 1. The van der Waals surface area contributed by atoms with Gasteiger partial charge in [0.05, 0.1) is 17.8 Å². The number of nitrogens with zero attached hydrogens (tertiary/aromatic N) is 2. The van der Waals surface area contributed by atoms with Crippen LogP contribution in [0.2, 0.25) is 0 Å². The summed E-state index contributed by atoms with van der Waals surface area (Å²) >= 11 is 0. The minimum atomic E-state index is -1.16. The molecular formula is C10H14N4O3. The lowest BCUT2D eigenvalue weighted by atomic mass is 9.93. The van der Waals surface area contributed by atoms with E-state index in [1.54, 1.807) is 13.8 Å². The van der Waals surface area contributed by atoms with Gasteiger partial charge < -0.3 is 16.2 Å². The van der Waals surface area contributed by atoms with Crippen molar-refractivity contribution in [1.82, 2.24) is 9.97 Å². The van der Waals surface area contributed by atoms with Crippen molar-refractivity contribution >= 4 is 17.7 Å². The number of carbonyl (C=O) groups is 2. The molecule has 0 atom stereocenters. The number of carboxylic acids is 1. The third kappa shape index (κ3) is 3.40. The summed E-state index contributed by atoms with van der Waals surface area (Å²) in [6.45, 7) is 3.60. The number of primary amides is 1. The third-order valence-corrected chi connectivity index (χ3v) is 2.23. The van der Waals surface area contributed by atoms with Gasteiger partial charge in [-0.3, -0.25) is 9.78 Å². The second kappa shape index (κ2) is 4.77. The standard InChI is InChI=1S/C10H14N4O3/c1-10(2,9(11)17)5-13-7-4-12-3-6(14-7)8(15)16/h3-4H,5H2,1-2H3,(H2,11,17)(H,13,14)(H,15,16). The number of nitrogens with two attached hydrogens (primary N) is 1. The average Bonchev–Trinajstić information content (AvgIpc) is 2.26. The SMILES string of the molecule is CC(C)(CNc1cncc(C(=O)O)n1)C(N)=O. The summed E-state index contributed by atoms with van der Waals surface area (Å²) in [6.07, 6.45) is 2.52. The Morgan fingerprint density at radius 1 is 1.47 bits per heavy atom. The molecule has 1 aromatic rings. The molecule has 0 unspecified atom stereocenters. The van der Waals surface area contributed by atoms with Crippen LogP contribution in [0.15, 0.2) is 12.4 Å². The van der Waals surface area contributed by atoms with E-state index in [1.807, 2.05) is 0 Å². The van der Waals surface area contributed by atoms with Gasteiger partial charge in [-0.1, -0.05) is 0 Å². The monoisotopic (exact) mass is 238 g/mol. The molecule has 7 heteroatoms. The molecule has 4 N–H and O–H groups in total. The Labute approximate surface area is 98.1 Å². The number of hydrogen-bond donors (Lipinski definition) is 3. The van der Waals surface area contributed by atoms with E-state index < -0.39 is 17.3 Å². The number of carbonyl (C=O) groups excluding carboxylic acids is 1. The molecule has 1 aromatic heterocycles. The molecule has 0 bridgehead atoms. The van der Waals surface area contributed by atoms with Gasteiger partial charge in [0.15, 0.2) is 5.69 Å². The van der Waals surface area contributed by atoms with E-state index in [9.17, 15) is 9.59 Å². The molecule has 0 radical (unpaired) electrons. The van der Waals surface area contributed by atoms with Crippen LogP contribution >= 0.6 is 0 Å². The summed E-state index contributed by atoms with van der Waals surface area (Å²) in [7, 11) is 0. The molecule has 7 nitrogen and oxygen atoms in total. The van der Waals surface area contributed by atoms with Gasteiger partial charge in [0, 0.05) is 6.54 Å². The first-order valence-corrected chi connectivity index (χ1v) is 4.92. The molecule has 0 aromatic carbocycles. The minimum Gasteiger partial charge on any atom is -0.476 e. The fourth-order valence-corrected chi connectivity index (χ4v) is 0.953. The summed E-state index contributed by atoms with van der Waals surface area (Å²) in [5.41, 5.74) is 4.29. The van der Waals surface area contributed by atoms with E-state index in [4.69, 9.17) is 10.8 Å². The molecule has 1 rings (SSSR count). The van der Waals surface area contributed by atoms with Crippen LogP contribution in [-0.2, 0) is 4.79 Å². The molecule has 0 saturated heterocycles. The van der Waals surface area contributed by atoms with Gasteiger partial charge in [0.25, 0.3) is 0 Å². The Morgan fingerprint density at radius 2 is 2.12 bits per heavy atom. The van der Waals surface area contributed by atoms with E-state index in [2.05, 4.69) is 15.3 Å². The summed E-state index contributed by atoms with van der Waals surface area (Å²) in [6, 6.07) is 0. The van der Waals surface area contributed by atoms with Crippen LogP contribution in [0.4, 0.5) is 5.82 Å². The van der Waals surface area contributed by atoms with Crippen LogP contribution in [0, 0.1) is 5.41 Å². The van der Waals surface area contributed by atoms with Gasteiger partial charge in [-0.2, -0.15) is 0 Å². The van der Waals surface area contributed by atoms with Crippen molar-refractivity contribution in [2.75, 3.05) is 11.9 Å². The smallest absolute Gasteiger partial charge is 0.356 e. The van der Waals surface area contributed by atoms with Gasteiger partial charge >= 0.3 is 5.97 Å². The second-order valence-corrected chi connectivity index (χ2v) is 4.20. The molecule has 0 aliphatic carbocycles. The highest BCUT2D eigenvalue weighted by molar-refractivity contribution is 5.85. The van der Waals surface area contributed by atoms with Crippen molar-refractivity contribution in [3.8, 4) is 0 Å². The van der Waals surface area contributed by atoms with E-state index in [0.29, 0.717) is 5.82 Å². The maximum absolute atomic E-state index is 11.1. The number of rotatable bonds is 5. The van der Waals surface area contributed by atoms with Crippen LogP contribution in [0.5, 0.6) is 0 Å². The highest BCUT2D eigenvalue weighted by atomic mass is 16.4. The van der Waals surface area contributed by atoms with Crippen LogP contribution < -0.4 is 11.1 Å². The first-order chi connectivity index (χ1) is 7.83. The minimum absolute atomic E-state index is 0.160. The number of hydrogen-bond acceptors (Lipinski definition) is 5. The fraction of sp³-hybridized carbons (Fsp3) is 0.400. The van der Waals surface area contributed by atoms with E-state index >= 15 is 0 Å². The molecule has 0 aliphatic rings. The topological polar surface area (TPSA) is 118 Å². The maximum atomic E-state index is 11.1. The number of aromatic carboxylic acids is 1. The number of nitrogens with one attached hydrogen (secondary N) is 1. The van der Waals surface area contributed by atoms with Crippen molar-refractivity contribution in [3.05, 3.63) is 18.1 Å². The quantitative estimate of drug-likeness (QED) is 0.669. The largest absolute Gasteiger partial charge is 0.476 e. The predicted molar refractivity (Wildman–Crippen MR) is 60.5 cm³/mol. The summed E-state index contributed by atoms with van der Waals surface area (Å²) < 4.78 is 0. The Kier molecular flexibility index (Phi) is 3.62. The molecule has 1 amide bonds. The first kappa shape index (κ1) is 12.9. The lowest BCUT2D eigenvalue weighted by molar-refractivity contribution is -0.125. The summed E-state index contributed by atoms with van der Waals surface area (Å²) in [4.78, 5) is 29.3. The third-order valence-electron chi connectivity index (χ3n) is 2.23. The molecule has 92 valence electrons. The zero-order valence-corrected chi connectivity index (χ0v) is 9.60. The number of amides is 1. The van der Waals surface area contributed by atoms with E-state index in [0.717, 1.165) is 6.20 Å². The van der Waals surface area contributed by atoms with Gasteiger partial charge in [0.1, 0.15) is 5.82 Å². The Hall–Kier alpha value is -2.18. The van der Waals surface area contributed by atoms with Crippen LogP contribution in [0.1, 0.15) is 24.3 Å². The summed E-state index contributed by atoms with van der Waals surface area (Å²) in [5.74, 6) is -1.32. The lowest BCUT2D eigenvalue weighted by Gasteiger charge is -2.20. The van der Waals surface area contributed by atoms with Crippen molar-refractivity contribution in [2.24, 2.45) is 11.1 Å². The van der Waals surface area contributed by atoms with Gasteiger partial charge in [-0.05, 0) is 13.8 Å². The zero-order valence-electron chi connectivity index (χ0n) is 9.60. The average molecular weight is 238 g/mol. The molecule has 0 aliphatic heterocycles. The highest BCUT2D eigenvalue weighted by Crippen LogP contribution is 2.14. The Bertz CT molecular complexity index is 445. The maximum Gasteiger partial charge on any atom is 0.356 e. The molecule has 0 spiro atoms. The van der Waals surface area contributed by atoms with Crippen molar-refractivity contribution in [2.45, 2.75) is 13.8 Å². The van der Waals surface area contributed by atoms with Crippen molar-refractivity contribution in [1.29, 1.82) is 0 Å². The van der Waals surface area contributed by atoms with Gasteiger partial charge in [-0.25, -0.2) is 9.78 Å². The molecule has 1 heterocycles. The van der Waals surface area contributed by atoms with Crippen LogP contribution in [0.3, 0.4) is 0 Å². The zero-order chi connectivity index (χ0) is 13.1. The predicted octanol–water partition coefficient (Wildman–Crippen LogP) is 0.0982. The Morgan fingerprint density at radius 3 is 2.65 bits per heavy atom. The van der Waals surface area contributed by atoms with Crippen LogP contribution in [-0.4, -0.2) is 33.5 Å². The van der Waals surface area contributed by atoms with Gasteiger partial charge in [-0.15, -0.1) is 0 Å². The first-order valence-electron chi connectivity index (χ1n) is 4.92. The molecular weight excluding hydrogens is 224 g/mol. The van der Waals surface area contributed by atoms with E-state index in [-0.39, 0.29) is 12.2 Å². The van der Waals surface area contributed by atoms with Crippen molar-refractivity contribution < 1.29 is 14.7 Å². The molecule has 0 saturated carbocycles. The summed E-state index contributed by atoms with van der Waals surface area (Å²) in [5, 5.41) is 11.5. The fourth-order valence-electron chi connectivity index (χ4n) is 0.953.